The highest BCUT2D eigenvalue weighted by molar-refractivity contribution is 7.15. The van der Waals surface area contributed by atoms with Crippen LogP contribution in [0.4, 0.5) is 11.4 Å². The summed E-state index contributed by atoms with van der Waals surface area (Å²) in [5.41, 5.74) is 5.32. The van der Waals surface area contributed by atoms with E-state index in [-0.39, 0.29) is 6.04 Å². The van der Waals surface area contributed by atoms with Gasteiger partial charge in [0, 0.05) is 55.6 Å². The average molecular weight is 511 g/mol. The number of para-hydroxylation sites is 1. The summed E-state index contributed by atoms with van der Waals surface area (Å²) in [6.45, 7) is 4.16. The van der Waals surface area contributed by atoms with Crippen LogP contribution in [0.2, 0.25) is 0 Å². The number of hydrogen-bond donors (Lipinski definition) is 2. The fraction of sp³-hybridized carbons (Fsp3) is 0.552. The Kier molecular flexibility index (Phi) is 7.13. The maximum atomic E-state index is 12.0. The number of rotatable bonds is 8. The summed E-state index contributed by atoms with van der Waals surface area (Å²) in [4.78, 5) is 15.8. The second-order valence-electron chi connectivity index (χ2n) is 11.8. The van der Waals surface area contributed by atoms with Gasteiger partial charge in [0.15, 0.2) is 5.69 Å². The maximum absolute atomic E-state index is 12.0. The minimum Gasteiger partial charge on any atom is -0.477 e. The molecule has 3 heterocycles. The van der Waals surface area contributed by atoms with E-state index in [0.717, 1.165) is 46.4 Å². The lowest BCUT2D eigenvalue weighted by Crippen LogP contribution is -2.52. The summed E-state index contributed by atoms with van der Waals surface area (Å²) in [5.74, 6) is -0.817. The smallest absolute Gasteiger partial charge is 0.346 e. The van der Waals surface area contributed by atoms with Gasteiger partial charge in [0.05, 0.1) is 38.6 Å². The van der Waals surface area contributed by atoms with E-state index in [0.29, 0.717) is 10.9 Å². The van der Waals surface area contributed by atoms with Gasteiger partial charge in [0.2, 0.25) is 0 Å². The Morgan fingerprint density at radius 2 is 1.89 bits per heavy atom. The third-order valence-electron chi connectivity index (χ3n) is 8.60. The number of aromatic carboxylic acids is 1. The zero-order valence-corrected chi connectivity index (χ0v) is 23.1. The Hall–Kier alpha value is -2.03. The van der Waals surface area contributed by atoms with Gasteiger partial charge >= 0.3 is 5.97 Å². The molecule has 0 amide bonds. The van der Waals surface area contributed by atoms with Crippen LogP contribution in [0.3, 0.4) is 0 Å². The lowest BCUT2D eigenvalue weighted by Gasteiger charge is -2.44. The molecule has 2 N–H and O–H groups in total. The van der Waals surface area contributed by atoms with Gasteiger partial charge in [-0.2, -0.15) is 0 Å². The zero-order valence-electron chi connectivity index (χ0n) is 22.3. The molecule has 2 unspecified atom stereocenters. The van der Waals surface area contributed by atoms with Crippen LogP contribution < -0.4 is 9.80 Å². The van der Waals surface area contributed by atoms with Crippen molar-refractivity contribution in [1.29, 1.82) is 0 Å². The SMILES string of the molecule is CN(C)CC[N+](C)(C)CCC1NCC2=Cc3sc(C(=O)O)cc3[N+]2(C2CCCCC2)c2ccccc21. The maximum Gasteiger partial charge on any atom is 0.346 e. The van der Waals surface area contributed by atoms with Gasteiger partial charge in [-0.05, 0) is 26.9 Å². The van der Waals surface area contributed by atoms with Crippen LogP contribution in [0.25, 0.3) is 6.08 Å². The molecular weight excluding hydrogens is 468 g/mol. The van der Waals surface area contributed by atoms with Crippen molar-refractivity contribution in [2.45, 2.75) is 50.6 Å². The van der Waals surface area contributed by atoms with Crippen LogP contribution >= 0.6 is 11.3 Å². The summed E-state index contributed by atoms with van der Waals surface area (Å²) < 4.78 is 1.73. The number of likely N-dealkylation sites (N-methyl/N-ethyl adjacent to an activating group) is 2. The predicted molar refractivity (Wildman–Crippen MR) is 150 cm³/mol. The van der Waals surface area contributed by atoms with E-state index < -0.39 is 5.97 Å². The Labute approximate surface area is 220 Å². The highest BCUT2D eigenvalue weighted by Gasteiger charge is 2.53. The number of hydrogen-bond acceptors (Lipinski definition) is 4. The molecule has 36 heavy (non-hydrogen) atoms. The van der Waals surface area contributed by atoms with Crippen molar-refractivity contribution in [3.8, 4) is 0 Å². The number of quaternary nitrogens is 2. The lowest BCUT2D eigenvalue weighted by atomic mass is 9.89. The van der Waals surface area contributed by atoms with Crippen molar-refractivity contribution >= 4 is 34.8 Å². The molecule has 194 valence electrons. The fourth-order valence-electron chi connectivity index (χ4n) is 6.60. The molecule has 3 aliphatic rings. The van der Waals surface area contributed by atoms with Crippen LogP contribution in [-0.2, 0) is 0 Å². The number of nitrogens with one attached hydrogen (secondary N) is 1. The van der Waals surface area contributed by atoms with Crippen molar-refractivity contribution in [3.63, 3.8) is 0 Å². The van der Waals surface area contributed by atoms with Gasteiger partial charge in [-0.15, -0.1) is 11.3 Å². The van der Waals surface area contributed by atoms with Gasteiger partial charge in [-0.1, -0.05) is 24.6 Å². The van der Waals surface area contributed by atoms with Crippen molar-refractivity contribution in [2.24, 2.45) is 0 Å². The summed E-state index contributed by atoms with van der Waals surface area (Å²) in [7, 11) is 8.97. The average Bonchev–Trinajstić information content (AvgIpc) is 3.37. The molecule has 7 heteroatoms. The molecule has 1 aliphatic carbocycles. The van der Waals surface area contributed by atoms with E-state index in [1.54, 1.807) is 0 Å². The first-order valence-electron chi connectivity index (χ1n) is 13.5. The van der Waals surface area contributed by atoms with Gasteiger partial charge < -0.3 is 19.8 Å². The van der Waals surface area contributed by atoms with Gasteiger partial charge in [0.1, 0.15) is 22.3 Å². The molecule has 0 radical (unpaired) electrons. The number of nitrogens with zero attached hydrogens (tertiary/aromatic N) is 3. The van der Waals surface area contributed by atoms with Gasteiger partial charge in [-0.3, -0.25) is 0 Å². The first-order valence-corrected chi connectivity index (χ1v) is 14.3. The molecule has 2 aliphatic heterocycles. The van der Waals surface area contributed by atoms with Gasteiger partial charge in [-0.25, -0.2) is 9.28 Å². The van der Waals surface area contributed by atoms with Crippen LogP contribution in [-0.4, -0.2) is 80.9 Å². The summed E-state index contributed by atoms with van der Waals surface area (Å²) in [5, 5.41) is 13.8. The first kappa shape index (κ1) is 25.6. The Balaban J connectivity index is 1.56. The van der Waals surface area contributed by atoms with Crippen molar-refractivity contribution in [3.05, 3.63) is 51.3 Å². The lowest BCUT2D eigenvalue weighted by molar-refractivity contribution is -0.890. The third kappa shape index (κ3) is 4.56. The van der Waals surface area contributed by atoms with Crippen LogP contribution in [0.5, 0.6) is 0 Å². The molecule has 1 saturated carbocycles. The Bertz CT molecular complexity index is 1150. The molecule has 2 aromatic rings. The monoisotopic (exact) mass is 510 g/mol. The summed E-state index contributed by atoms with van der Waals surface area (Å²) >= 11 is 1.44. The second kappa shape index (κ2) is 10.0. The number of carboxylic acids is 1. The van der Waals surface area contributed by atoms with E-state index in [1.165, 1.54) is 66.1 Å². The molecule has 1 aromatic heterocycles. The summed E-state index contributed by atoms with van der Waals surface area (Å²) in [6, 6.07) is 11.7. The van der Waals surface area contributed by atoms with E-state index in [1.807, 2.05) is 6.07 Å². The standard InChI is InChI=1S/C29H41N4O2S/c1-31(2)15-17-32(3,4)16-14-24-23-12-8-9-13-25(23)33(21-10-6-5-7-11-21)22(20-30-24)18-27-26(33)19-28(36-27)29(34)35/h8-9,12-13,18-19,21,24,30H,5-7,10-11,14-17,20H2,1-4H3/q+1/p+1. The van der Waals surface area contributed by atoms with Gasteiger partial charge in [0.25, 0.3) is 0 Å². The topological polar surface area (TPSA) is 52.6 Å². The first-order chi connectivity index (χ1) is 17.2. The predicted octanol–water partition coefficient (Wildman–Crippen LogP) is 5.44. The largest absolute Gasteiger partial charge is 0.477 e. The molecule has 1 fully saturated rings. The minimum absolute atomic E-state index is 0.282. The number of carbonyl (C=O) groups is 1. The molecule has 0 spiro atoms. The molecular formula is C29H42N4O2S+2. The Morgan fingerprint density at radius 1 is 1.14 bits per heavy atom. The zero-order chi connectivity index (χ0) is 25.5. The number of benzene rings is 1. The minimum atomic E-state index is -0.817. The number of thiophene rings is 1. The van der Waals surface area contributed by atoms with E-state index in [4.69, 9.17) is 0 Å². The second-order valence-corrected chi connectivity index (χ2v) is 12.9. The van der Waals surface area contributed by atoms with E-state index >= 15 is 0 Å². The van der Waals surface area contributed by atoms with Crippen molar-refractivity contribution in [2.75, 3.05) is 54.4 Å². The highest BCUT2D eigenvalue weighted by atomic mass is 32.1. The number of fused-ring (bicyclic) bond motifs is 5. The quantitative estimate of drug-likeness (QED) is 0.464. The van der Waals surface area contributed by atoms with Crippen molar-refractivity contribution < 1.29 is 14.4 Å². The molecule has 0 bridgehead atoms. The number of carboxylic acid groups (broad SMARTS) is 1. The third-order valence-corrected chi connectivity index (χ3v) is 9.66. The molecule has 1 aromatic carbocycles. The molecule has 5 rings (SSSR count). The normalized spacial score (nSPS) is 24.1. The van der Waals surface area contributed by atoms with Crippen molar-refractivity contribution in [1.82, 2.24) is 14.7 Å². The molecule has 0 saturated heterocycles. The van der Waals surface area contributed by atoms with E-state index in [2.05, 4.69) is 68.7 Å². The summed E-state index contributed by atoms with van der Waals surface area (Å²) in [6.07, 6.45) is 9.55. The fourth-order valence-corrected chi connectivity index (χ4v) is 7.60. The van der Waals surface area contributed by atoms with Crippen LogP contribution in [0, 0.1) is 0 Å². The van der Waals surface area contributed by atoms with E-state index in [9.17, 15) is 9.90 Å². The van der Waals surface area contributed by atoms with Crippen LogP contribution in [0.15, 0.2) is 36.0 Å². The molecule has 2 atom stereocenters. The highest BCUT2D eigenvalue weighted by Crippen LogP contribution is 2.57. The van der Waals surface area contributed by atoms with Crippen LogP contribution in [0.1, 0.15) is 64.7 Å². The molecule has 6 nitrogen and oxygen atoms in total. The Morgan fingerprint density at radius 3 is 2.61 bits per heavy atom.